The van der Waals surface area contributed by atoms with Crippen molar-refractivity contribution in [3.8, 4) is 11.6 Å². The molecule has 0 unspecified atom stereocenters. The van der Waals surface area contributed by atoms with Gasteiger partial charge < -0.3 is 19.5 Å². The molecule has 0 aromatic carbocycles. The van der Waals surface area contributed by atoms with Gasteiger partial charge in [-0.3, -0.25) is 0 Å². The molecule has 0 radical (unpaired) electrons. The molecule has 0 amide bonds. The Hall–Kier alpha value is -2.90. The number of piperidine rings is 1. The van der Waals surface area contributed by atoms with Crippen LogP contribution in [0.2, 0.25) is 0 Å². The third-order valence-electron chi connectivity index (χ3n) is 4.86. The highest BCUT2D eigenvalue weighted by Crippen LogP contribution is 2.28. The molecule has 2 aromatic heterocycles. The van der Waals surface area contributed by atoms with Crippen molar-refractivity contribution in [3.05, 3.63) is 41.0 Å². The maximum absolute atomic E-state index is 14.2. The third-order valence-corrected chi connectivity index (χ3v) is 4.86. The second-order valence-electron chi connectivity index (χ2n) is 6.50. The van der Waals surface area contributed by atoms with Gasteiger partial charge in [-0.15, -0.1) is 0 Å². The first kappa shape index (κ1) is 18.9. The molecule has 144 valence electrons. The minimum absolute atomic E-state index is 0.0287. The van der Waals surface area contributed by atoms with E-state index in [4.69, 9.17) is 14.6 Å². The Kier molecular flexibility index (Phi) is 5.43. The van der Waals surface area contributed by atoms with Gasteiger partial charge in [0.25, 0.3) is 0 Å². The quantitative estimate of drug-likeness (QED) is 0.804. The summed E-state index contributed by atoms with van der Waals surface area (Å²) in [5.74, 6) is -0.535. The standard InChI is InChI=1S/C19H22FN3O4/c1-11-12(2)18(22-17(20)16(11)19(24)25)23-8-6-13(7-9-23)27-14-4-5-15(26-3)21-10-14/h4-5,10,13H,6-9H2,1-3H3,(H,24,25). The van der Waals surface area contributed by atoms with E-state index in [1.807, 2.05) is 11.0 Å². The number of ether oxygens (including phenoxy) is 2. The molecule has 1 aliphatic rings. The fourth-order valence-corrected chi connectivity index (χ4v) is 3.23. The largest absolute Gasteiger partial charge is 0.489 e. The van der Waals surface area contributed by atoms with Gasteiger partial charge in [0.1, 0.15) is 23.2 Å². The van der Waals surface area contributed by atoms with Crippen LogP contribution in [-0.4, -0.2) is 47.3 Å². The molecule has 3 heterocycles. The molecule has 0 spiro atoms. The summed E-state index contributed by atoms with van der Waals surface area (Å²) in [6.07, 6.45) is 3.14. The maximum atomic E-state index is 14.2. The molecule has 0 aliphatic carbocycles. The Morgan fingerprint density at radius 1 is 1.26 bits per heavy atom. The molecule has 1 saturated heterocycles. The van der Waals surface area contributed by atoms with Crippen molar-refractivity contribution in [2.24, 2.45) is 0 Å². The number of halogens is 1. The van der Waals surface area contributed by atoms with E-state index < -0.39 is 11.9 Å². The SMILES string of the molecule is COc1ccc(OC2CCN(c3nc(F)c(C(=O)O)c(C)c3C)CC2)cn1. The van der Waals surface area contributed by atoms with Crippen LogP contribution in [0.15, 0.2) is 18.3 Å². The summed E-state index contributed by atoms with van der Waals surface area (Å²) in [7, 11) is 1.56. The summed E-state index contributed by atoms with van der Waals surface area (Å²) in [4.78, 5) is 21.2. The predicted molar refractivity (Wildman–Crippen MR) is 97.3 cm³/mol. The van der Waals surface area contributed by atoms with Crippen LogP contribution < -0.4 is 14.4 Å². The number of pyridine rings is 2. The average Bonchev–Trinajstić information content (AvgIpc) is 2.66. The number of carboxylic acid groups (broad SMARTS) is 1. The molecule has 1 N–H and O–H groups in total. The molecule has 0 saturated carbocycles. The summed E-state index contributed by atoms with van der Waals surface area (Å²) < 4.78 is 25.1. The Bertz CT molecular complexity index is 834. The summed E-state index contributed by atoms with van der Waals surface area (Å²) in [6, 6.07) is 3.56. The second kappa shape index (κ2) is 7.77. The molecule has 0 bridgehead atoms. The van der Waals surface area contributed by atoms with Crippen LogP contribution in [0.5, 0.6) is 11.6 Å². The first-order chi connectivity index (χ1) is 12.9. The molecule has 27 heavy (non-hydrogen) atoms. The molecular weight excluding hydrogens is 353 g/mol. The van der Waals surface area contributed by atoms with E-state index in [0.29, 0.717) is 41.7 Å². The van der Waals surface area contributed by atoms with Gasteiger partial charge in [0.2, 0.25) is 11.8 Å². The highest BCUT2D eigenvalue weighted by molar-refractivity contribution is 5.90. The molecule has 3 rings (SSSR count). The lowest BCUT2D eigenvalue weighted by molar-refractivity contribution is 0.0690. The molecule has 0 atom stereocenters. The lowest BCUT2D eigenvalue weighted by Gasteiger charge is -2.34. The van der Waals surface area contributed by atoms with Crippen molar-refractivity contribution in [1.29, 1.82) is 0 Å². The number of nitrogens with zero attached hydrogens (tertiary/aromatic N) is 3. The number of aromatic carboxylic acids is 1. The van der Waals surface area contributed by atoms with Crippen LogP contribution in [0.25, 0.3) is 0 Å². The fraction of sp³-hybridized carbons (Fsp3) is 0.421. The monoisotopic (exact) mass is 375 g/mol. The van der Waals surface area contributed by atoms with E-state index in [2.05, 4.69) is 9.97 Å². The maximum Gasteiger partial charge on any atom is 0.340 e. The van der Waals surface area contributed by atoms with Crippen LogP contribution in [-0.2, 0) is 0 Å². The van der Waals surface area contributed by atoms with Gasteiger partial charge in [0.05, 0.1) is 13.3 Å². The van der Waals surface area contributed by atoms with Gasteiger partial charge in [-0.2, -0.15) is 4.39 Å². The van der Waals surface area contributed by atoms with Gasteiger partial charge in [0.15, 0.2) is 0 Å². The number of hydrogen-bond acceptors (Lipinski definition) is 6. The number of carboxylic acids is 1. The number of anilines is 1. The summed E-state index contributed by atoms with van der Waals surface area (Å²) in [6.45, 7) is 4.68. The minimum Gasteiger partial charge on any atom is -0.489 e. The minimum atomic E-state index is -1.30. The smallest absolute Gasteiger partial charge is 0.340 e. The van der Waals surface area contributed by atoms with Gasteiger partial charge in [-0.05, 0) is 31.0 Å². The second-order valence-corrected chi connectivity index (χ2v) is 6.50. The van der Waals surface area contributed by atoms with Gasteiger partial charge in [0, 0.05) is 32.0 Å². The van der Waals surface area contributed by atoms with E-state index >= 15 is 0 Å². The van der Waals surface area contributed by atoms with E-state index in [-0.39, 0.29) is 11.7 Å². The van der Waals surface area contributed by atoms with Crippen molar-refractivity contribution >= 4 is 11.8 Å². The molecule has 1 aliphatic heterocycles. The van der Waals surface area contributed by atoms with Gasteiger partial charge in [-0.25, -0.2) is 14.8 Å². The van der Waals surface area contributed by atoms with Crippen molar-refractivity contribution in [1.82, 2.24) is 9.97 Å². The predicted octanol–water partition coefficient (Wildman–Crippen LogP) is 2.99. The first-order valence-corrected chi connectivity index (χ1v) is 8.72. The molecule has 1 fully saturated rings. The van der Waals surface area contributed by atoms with Crippen LogP contribution >= 0.6 is 0 Å². The topological polar surface area (TPSA) is 84.8 Å². The summed E-state index contributed by atoms with van der Waals surface area (Å²) in [5, 5.41) is 9.16. The Balaban J connectivity index is 1.67. The van der Waals surface area contributed by atoms with Crippen molar-refractivity contribution < 1.29 is 23.8 Å². The number of hydrogen-bond donors (Lipinski definition) is 1. The zero-order chi connectivity index (χ0) is 19.6. The molecular formula is C19H22FN3O4. The van der Waals surface area contributed by atoms with Crippen molar-refractivity contribution in [2.45, 2.75) is 32.8 Å². The van der Waals surface area contributed by atoms with Crippen LogP contribution in [0.1, 0.15) is 34.3 Å². The van der Waals surface area contributed by atoms with Crippen LogP contribution in [0.3, 0.4) is 0 Å². The van der Waals surface area contributed by atoms with E-state index in [1.54, 1.807) is 33.2 Å². The van der Waals surface area contributed by atoms with E-state index in [1.165, 1.54) is 0 Å². The van der Waals surface area contributed by atoms with E-state index in [0.717, 1.165) is 12.8 Å². The van der Waals surface area contributed by atoms with Crippen molar-refractivity contribution in [3.63, 3.8) is 0 Å². The fourth-order valence-electron chi connectivity index (χ4n) is 3.23. The number of methoxy groups -OCH3 is 1. The van der Waals surface area contributed by atoms with Gasteiger partial charge in [-0.1, -0.05) is 0 Å². The molecule has 8 heteroatoms. The highest BCUT2D eigenvalue weighted by Gasteiger charge is 2.26. The summed E-state index contributed by atoms with van der Waals surface area (Å²) in [5.41, 5.74) is 0.738. The Morgan fingerprint density at radius 2 is 1.96 bits per heavy atom. The number of aromatic nitrogens is 2. The molecule has 2 aromatic rings. The average molecular weight is 375 g/mol. The summed E-state index contributed by atoms with van der Waals surface area (Å²) >= 11 is 0. The van der Waals surface area contributed by atoms with Crippen LogP contribution in [0, 0.1) is 19.8 Å². The zero-order valence-corrected chi connectivity index (χ0v) is 15.5. The van der Waals surface area contributed by atoms with E-state index in [9.17, 15) is 9.18 Å². The normalized spacial score (nSPS) is 14.9. The third kappa shape index (κ3) is 3.94. The van der Waals surface area contributed by atoms with Crippen LogP contribution in [0.4, 0.5) is 10.2 Å². The number of carbonyl (C=O) groups is 1. The highest BCUT2D eigenvalue weighted by atomic mass is 19.1. The lowest BCUT2D eigenvalue weighted by atomic mass is 10.0. The van der Waals surface area contributed by atoms with Crippen molar-refractivity contribution in [2.75, 3.05) is 25.1 Å². The zero-order valence-electron chi connectivity index (χ0n) is 15.5. The lowest BCUT2D eigenvalue weighted by Crippen LogP contribution is -2.39. The Morgan fingerprint density at radius 3 is 2.52 bits per heavy atom. The first-order valence-electron chi connectivity index (χ1n) is 8.72. The molecule has 7 nitrogen and oxygen atoms in total. The van der Waals surface area contributed by atoms with Gasteiger partial charge >= 0.3 is 5.97 Å². The Labute approximate surface area is 156 Å². The number of rotatable bonds is 5.